The standard InChI is InChI=1S/C29H32N4O3S/c1-3-37(34,35)19-21-18-20(2)27(24-13-8-7-12-23(21)24)36-28-25(14-9-16-30-28)26-15-17-31-29(33-26)32-22-10-5-4-6-11-22/h7-9,12-18,22H,3-6,10-11,19H2,1-2H3,(H,31,32,33). The Kier molecular flexibility index (Phi) is 7.37. The summed E-state index contributed by atoms with van der Waals surface area (Å²) in [7, 11) is -3.18. The van der Waals surface area contributed by atoms with Gasteiger partial charge in [-0.25, -0.2) is 23.4 Å². The van der Waals surface area contributed by atoms with Crippen LogP contribution in [0.15, 0.2) is 60.9 Å². The number of ether oxygens (including phenoxy) is 1. The van der Waals surface area contributed by atoms with Crippen molar-refractivity contribution in [3.8, 4) is 22.9 Å². The summed E-state index contributed by atoms with van der Waals surface area (Å²) in [6.07, 6.45) is 9.48. The van der Waals surface area contributed by atoms with Gasteiger partial charge in [0.15, 0.2) is 9.84 Å². The van der Waals surface area contributed by atoms with Crippen molar-refractivity contribution in [1.82, 2.24) is 15.0 Å². The fraction of sp³-hybridized carbons (Fsp3) is 0.345. The molecule has 192 valence electrons. The highest BCUT2D eigenvalue weighted by Gasteiger charge is 2.19. The van der Waals surface area contributed by atoms with E-state index in [0.717, 1.165) is 46.0 Å². The van der Waals surface area contributed by atoms with Crippen molar-refractivity contribution < 1.29 is 13.2 Å². The van der Waals surface area contributed by atoms with E-state index < -0.39 is 9.84 Å². The fourth-order valence-electron chi connectivity index (χ4n) is 4.94. The molecule has 0 bridgehead atoms. The molecular weight excluding hydrogens is 484 g/mol. The molecule has 0 amide bonds. The molecule has 1 aliphatic rings. The predicted molar refractivity (Wildman–Crippen MR) is 148 cm³/mol. The molecule has 1 aliphatic carbocycles. The molecule has 2 aromatic heterocycles. The van der Waals surface area contributed by atoms with Crippen molar-refractivity contribution in [1.29, 1.82) is 0 Å². The summed E-state index contributed by atoms with van der Waals surface area (Å²) in [6, 6.07) is 15.7. The summed E-state index contributed by atoms with van der Waals surface area (Å²) in [4.78, 5) is 13.8. The van der Waals surface area contributed by atoms with Crippen LogP contribution >= 0.6 is 0 Å². The zero-order chi connectivity index (χ0) is 25.8. The van der Waals surface area contributed by atoms with Gasteiger partial charge in [0, 0.05) is 29.6 Å². The molecule has 2 aromatic carbocycles. The maximum atomic E-state index is 12.4. The molecule has 7 nitrogen and oxygen atoms in total. The lowest BCUT2D eigenvalue weighted by molar-refractivity contribution is 0.460. The van der Waals surface area contributed by atoms with Crippen LogP contribution in [0, 0.1) is 6.92 Å². The second-order valence-electron chi connectivity index (χ2n) is 9.61. The van der Waals surface area contributed by atoms with Gasteiger partial charge in [0.05, 0.1) is 17.0 Å². The smallest absolute Gasteiger partial charge is 0.228 e. The molecule has 1 N–H and O–H groups in total. The van der Waals surface area contributed by atoms with E-state index in [1.807, 2.05) is 55.5 Å². The first-order valence-electron chi connectivity index (χ1n) is 12.9. The van der Waals surface area contributed by atoms with Crippen LogP contribution in [0.3, 0.4) is 0 Å². The van der Waals surface area contributed by atoms with Gasteiger partial charge in [0.2, 0.25) is 11.8 Å². The van der Waals surface area contributed by atoms with Crippen molar-refractivity contribution in [2.75, 3.05) is 11.1 Å². The third kappa shape index (κ3) is 5.74. The van der Waals surface area contributed by atoms with Gasteiger partial charge < -0.3 is 10.1 Å². The van der Waals surface area contributed by atoms with Crippen LogP contribution in [-0.2, 0) is 15.6 Å². The third-order valence-corrected chi connectivity index (χ3v) is 8.55. The van der Waals surface area contributed by atoms with E-state index in [2.05, 4.69) is 15.3 Å². The van der Waals surface area contributed by atoms with Crippen LogP contribution in [0.5, 0.6) is 11.6 Å². The quantitative estimate of drug-likeness (QED) is 0.287. The molecule has 8 heteroatoms. The Bertz CT molecular complexity index is 1520. The summed E-state index contributed by atoms with van der Waals surface area (Å²) < 4.78 is 31.3. The van der Waals surface area contributed by atoms with Crippen LogP contribution in [0.2, 0.25) is 0 Å². The van der Waals surface area contributed by atoms with E-state index in [1.165, 1.54) is 19.3 Å². The normalized spacial score (nSPS) is 14.5. The van der Waals surface area contributed by atoms with E-state index >= 15 is 0 Å². The maximum absolute atomic E-state index is 12.4. The monoisotopic (exact) mass is 516 g/mol. The number of benzene rings is 2. The minimum Gasteiger partial charge on any atom is -0.437 e. The largest absolute Gasteiger partial charge is 0.437 e. The highest BCUT2D eigenvalue weighted by atomic mass is 32.2. The Morgan fingerprint density at radius 3 is 2.54 bits per heavy atom. The van der Waals surface area contributed by atoms with Crippen molar-refractivity contribution in [2.24, 2.45) is 0 Å². The number of nitrogens with zero attached hydrogens (tertiary/aromatic N) is 3. The van der Waals surface area contributed by atoms with Crippen molar-refractivity contribution in [2.45, 2.75) is 57.7 Å². The average Bonchev–Trinajstić information content (AvgIpc) is 2.92. The number of hydrogen-bond acceptors (Lipinski definition) is 7. The van der Waals surface area contributed by atoms with Crippen molar-refractivity contribution in [3.63, 3.8) is 0 Å². The van der Waals surface area contributed by atoms with Gasteiger partial charge in [0.25, 0.3) is 0 Å². The molecule has 5 rings (SSSR count). The van der Waals surface area contributed by atoms with Gasteiger partial charge >= 0.3 is 0 Å². The minimum atomic E-state index is -3.18. The summed E-state index contributed by atoms with van der Waals surface area (Å²) in [6.45, 7) is 3.61. The molecule has 2 heterocycles. The Labute approximate surface area is 218 Å². The lowest BCUT2D eigenvalue weighted by Crippen LogP contribution is -2.23. The Hall–Kier alpha value is -3.52. The molecular formula is C29H32N4O3S. The lowest BCUT2D eigenvalue weighted by Gasteiger charge is -2.22. The van der Waals surface area contributed by atoms with E-state index in [9.17, 15) is 8.42 Å². The van der Waals surface area contributed by atoms with E-state index in [-0.39, 0.29) is 11.5 Å². The van der Waals surface area contributed by atoms with Crippen LogP contribution in [0.1, 0.15) is 50.2 Å². The molecule has 0 aliphatic heterocycles. The number of nitrogens with one attached hydrogen (secondary N) is 1. The van der Waals surface area contributed by atoms with Gasteiger partial charge in [-0.15, -0.1) is 0 Å². The van der Waals surface area contributed by atoms with Gasteiger partial charge in [0.1, 0.15) is 5.75 Å². The molecule has 0 unspecified atom stereocenters. The number of pyridine rings is 1. The number of fused-ring (bicyclic) bond motifs is 1. The first kappa shape index (κ1) is 25.1. The summed E-state index contributed by atoms with van der Waals surface area (Å²) >= 11 is 0. The highest BCUT2D eigenvalue weighted by molar-refractivity contribution is 7.90. The molecule has 37 heavy (non-hydrogen) atoms. The zero-order valence-corrected chi connectivity index (χ0v) is 22.1. The number of hydrogen-bond donors (Lipinski definition) is 1. The molecule has 4 aromatic rings. The second kappa shape index (κ2) is 10.8. The van der Waals surface area contributed by atoms with Crippen LogP contribution < -0.4 is 10.1 Å². The number of anilines is 1. The Morgan fingerprint density at radius 1 is 0.973 bits per heavy atom. The van der Waals surface area contributed by atoms with Crippen molar-refractivity contribution >= 4 is 26.6 Å². The molecule has 1 fully saturated rings. The van der Waals surface area contributed by atoms with E-state index in [0.29, 0.717) is 23.6 Å². The summed E-state index contributed by atoms with van der Waals surface area (Å²) in [5.74, 6) is 1.81. The van der Waals surface area contributed by atoms with E-state index in [4.69, 9.17) is 9.72 Å². The number of sulfone groups is 1. The molecule has 0 radical (unpaired) electrons. The minimum absolute atomic E-state index is 0.00230. The van der Waals surface area contributed by atoms with Gasteiger partial charge in [-0.1, -0.05) is 56.5 Å². The number of aryl methyl sites for hydroxylation is 1. The Morgan fingerprint density at radius 2 is 1.76 bits per heavy atom. The Balaban J connectivity index is 1.50. The average molecular weight is 517 g/mol. The van der Waals surface area contributed by atoms with Crippen LogP contribution in [0.4, 0.5) is 5.95 Å². The summed E-state index contributed by atoms with van der Waals surface area (Å²) in [5.41, 5.74) is 3.11. The molecule has 1 saturated carbocycles. The highest BCUT2D eigenvalue weighted by Crippen LogP contribution is 2.38. The van der Waals surface area contributed by atoms with E-state index in [1.54, 1.807) is 19.3 Å². The summed E-state index contributed by atoms with van der Waals surface area (Å²) in [5, 5.41) is 5.20. The zero-order valence-electron chi connectivity index (χ0n) is 21.3. The van der Waals surface area contributed by atoms with Gasteiger partial charge in [-0.05, 0) is 54.5 Å². The first-order valence-corrected chi connectivity index (χ1v) is 14.7. The van der Waals surface area contributed by atoms with Crippen molar-refractivity contribution in [3.05, 3.63) is 72.1 Å². The van der Waals surface area contributed by atoms with Crippen LogP contribution in [0.25, 0.3) is 22.0 Å². The lowest BCUT2D eigenvalue weighted by atomic mass is 9.96. The topological polar surface area (TPSA) is 94.1 Å². The number of rotatable bonds is 8. The second-order valence-corrected chi connectivity index (χ2v) is 12.0. The number of aromatic nitrogens is 3. The first-order chi connectivity index (χ1) is 17.9. The molecule has 0 saturated heterocycles. The van der Waals surface area contributed by atoms with Gasteiger partial charge in [-0.2, -0.15) is 0 Å². The molecule has 0 spiro atoms. The SMILES string of the molecule is CCS(=O)(=O)Cc1cc(C)c(Oc2ncccc2-c2ccnc(NC3CCCCC3)n2)c2ccccc12. The predicted octanol–water partition coefficient (Wildman–Crippen LogP) is 6.47. The maximum Gasteiger partial charge on any atom is 0.228 e. The molecule has 0 atom stereocenters. The van der Waals surface area contributed by atoms with Crippen LogP contribution in [-0.4, -0.2) is 35.2 Å². The van der Waals surface area contributed by atoms with Gasteiger partial charge in [-0.3, -0.25) is 0 Å². The third-order valence-electron chi connectivity index (χ3n) is 6.92. The fourth-order valence-corrected chi connectivity index (χ4v) is 5.86.